The van der Waals surface area contributed by atoms with Crippen molar-refractivity contribution in [2.75, 3.05) is 33.2 Å². The molecule has 2 aliphatic heterocycles. The van der Waals surface area contributed by atoms with E-state index in [-0.39, 0.29) is 6.42 Å². The lowest BCUT2D eigenvalue weighted by molar-refractivity contribution is -0.125. The number of Topliss-reactive ketones (excluding diaryl/α,β-unsaturated/α-hetero) is 1. The predicted molar refractivity (Wildman–Crippen MR) is 104 cm³/mol. The third-order valence-electron chi connectivity index (χ3n) is 7.01. The van der Waals surface area contributed by atoms with Gasteiger partial charge in [0.1, 0.15) is 0 Å². The molecule has 0 unspecified atom stereocenters. The number of nitrogens with zero attached hydrogens (tertiary/aromatic N) is 3. The van der Waals surface area contributed by atoms with Crippen molar-refractivity contribution in [3.63, 3.8) is 0 Å². The number of hydrogen-bond acceptors (Lipinski definition) is 4. The standard InChI is InChI=1S/C21H32F2N4O2/c1-19(22,23)13-16(17(28)14-21(15-24)5-9-26(2)10-6-21)25-18(29)27-11-7-20(3-4-20)8-12-27/h16H,3-14H2,1-2H3,(H,25,29)/t16-/m0/s1. The molecule has 0 bridgehead atoms. The predicted octanol–water partition coefficient (Wildman–Crippen LogP) is 3.18. The number of piperidine rings is 2. The lowest BCUT2D eigenvalue weighted by atomic mass is 9.74. The van der Waals surface area contributed by atoms with Gasteiger partial charge in [0.25, 0.3) is 0 Å². The summed E-state index contributed by atoms with van der Waals surface area (Å²) in [6.07, 6.45) is 4.51. The number of amides is 2. The van der Waals surface area contributed by atoms with Crippen LogP contribution >= 0.6 is 0 Å². The molecule has 3 aliphatic rings. The molecule has 1 saturated carbocycles. The summed E-state index contributed by atoms with van der Waals surface area (Å²) in [5.74, 6) is -3.55. The van der Waals surface area contributed by atoms with E-state index in [1.807, 2.05) is 7.05 Å². The van der Waals surface area contributed by atoms with Crippen molar-refractivity contribution in [3.05, 3.63) is 0 Å². The number of nitrogens with one attached hydrogen (secondary N) is 1. The number of carbonyl (C=O) groups excluding carboxylic acids is 2. The van der Waals surface area contributed by atoms with Crippen LogP contribution in [0.1, 0.15) is 58.3 Å². The van der Waals surface area contributed by atoms with E-state index in [4.69, 9.17) is 0 Å². The Balaban J connectivity index is 1.63. The fraction of sp³-hybridized carbons (Fsp3) is 0.857. The molecule has 6 nitrogen and oxygen atoms in total. The van der Waals surface area contributed by atoms with Crippen LogP contribution in [0.5, 0.6) is 0 Å². The molecule has 162 valence electrons. The van der Waals surface area contributed by atoms with Crippen LogP contribution < -0.4 is 5.32 Å². The van der Waals surface area contributed by atoms with Crippen molar-refractivity contribution >= 4 is 11.8 Å². The van der Waals surface area contributed by atoms with E-state index in [0.717, 1.165) is 19.8 Å². The van der Waals surface area contributed by atoms with E-state index in [1.54, 1.807) is 4.90 Å². The maximum absolute atomic E-state index is 13.8. The zero-order chi connectivity index (χ0) is 21.3. The van der Waals surface area contributed by atoms with Gasteiger partial charge in [-0.3, -0.25) is 4.79 Å². The zero-order valence-corrected chi connectivity index (χ0v) is 17.5. The molecule has 29 heavy (non-hydrogen) atoms. The quantitative estimate of drug-likeness (QED) is 0.730. The van der Waals surface area contributed by atoms with Gasteiger partial charge in [0.05, 0.1) is 17.5 Å². The van der Waals surface area contributed by atoms with E-state index in [9.17, 15) is 23.6 Å². The second kappa shape index (κ2) is 8.17. The third-order valence-corrected chi connectivity index (χ3v) is 7.01. The van der Waals surface area contributed by atoms with Gasteiger partial charge < -0.3 is 15.1 Å². The SMILES string of the molecule is CN1CCC(C#N)(CC(=O)[C@H](CC(C)(F)F)NC(=O)N2CCC3(CC2)CC3)CC1. The molecule has 1 atom stereocenters. The average Bonchev–Trinajstić information content (AvgIpc) is 3.41. The van der Waals surface area contributed by atoms with Crippen LogP contribution in [-0.4, -0.2) is 66.8 Å². The fourth-order valence-corrected chi connectivity index (χ4v) is 4.54. The Morgan fingerprint density at radius 1 is 1.10 bits per heavy atom. The first kappa shape index (κ1) is 21.9. The molecular weight excluding hydrogens is 378 g/mol. The summed E-state index contributed by atoms with van der Waals surface area (Å²) in [6.45, 7) is 3.34. The highest BCUT2D eigenvalue weighted by Gasteiger charge is 2.46. The summed E-state index contributed by atoms with van der Waals surface area (Å²) in [6, 6.07) is 0.540. The number of urea groups is 1. The molecule has 2 saturated heterocycles. The van der Waals surface area contributed by atoms with Crippen LogP contribution in [0.3, 0.4) is 0 Å². The highest BCUT2D eigenvalue weighted by atomic mass is 19.3. The molecule has 2 heterocycles. The number of nitriles is 1. The molecule has 8 heteroatoms. The van der Waals surface area contributed by atoms with E-state index >= 15 is 0 Å². The summed E-state index contributed by atoms with van der Waals surface area (Å²) in [4.78, 5) is 29.3. The van der Waals surface area contributed by atoms with Gasteiger partial charge in [0.2, 0.25) is 5.92 Å². The Morgan fingerprint density at radius 3 is 2.17 bits per heavy atom. The number of alkyl halides is 2. The first-order chi connectivity index (χ1) is 13.6. The van der Waals surface area contributed by atoms with Gasteiger partial charge in [0, 0.05) is 25.9 Å². The summed E-state index contributed by atoms with van der Waals surface area (Å²) < 4.78 is 27.5. The van der Waals surface area contributed by atoms with Crippen molar-refractivity contribution in [1.82, 2.24) is 15.1 Å². The van der Waals surface area contributed by atoms with Gasteiger partial charge in [-0.05, 0) is 71.0 Å². The number of ketones is 1. The van der Waals surface area contributed by atoms with E-state index in [0.29, 0.717) is 44.4 Å². The fourth-order valence-electron chi connectivity index (χ4n) is 4.54. The molecule has 1 spiro atoms. The molecule has 0 aromatic rings. The molecule has 3 rings (SSSR count). The number of hydrogen-bond donors (Lipinski definition) is 1. The van der Waals surface area contributed by atoms with Crippen LogP contribution in [0, 0.1) is 22.2 Å². The summed E-state index contributed by atoms with van der Waals surface area (Å²) in [5, 5.41) is 12.2. The molecule has 1 aliphatic carbocycles. The highest BCUT2D eigenvalue weighted by Crippen LogP contribution is 2.53. The van der Waals surface area contributed by atoms with Crippen molar-refractivity contribution in [2.24, 2.45) is 10.8 Å². The lowest BCUT2D eigenvalue weighted by Gasteiger charge is -2.36. The van der Waals surface area contributed by atoms with Gasteiger partial charge >= 0.3 is 6.03 Å². The van der Waals surface area contributed by atoms with Crippen LogP contribution in [0.2, 0.25) is 0 Å². The molecular formula is C21H32F2N4O2. The highest BCUT2D eigenvalue weighted by molar-refractivity contribution is 5.89. The van der Waals surface area contributed by atoms with Crippen molar-refractivity contribution in [3.8, 4) is 6.07 Å². The van der Waals surface area contributed by atoms with Crippen LogP contribution in [0.15, 0.2) is 0 Å². The van der Waals surface area contributed by atoms with Crippen molar-refractivity contribution in [2.45, 2.75) is 70.3 Å². The molecule has 0 aromatic carbocycles. The molecule has 1 N–H and O–H groups in total. The average molecular weight is 411 g/mol. The third kappa shape index (κ3) is 5.65. The monoisotopic (exact) mass is 410 g/mol. The number of carbonyl (C=O) groups is 2. The topological polar surface area (TPSA) is 76.4 Å². The number of rotatable bonds is 6. The first-order valence-electron chi connectivity index (χ1n) is 10.6. The Labute approximate surface area is 171 Å². The molecule has 0 aromatic heterocycles. The first-order valence-corrected chi connectivity index (χ1v) is 10.6. The summed E-state index contributed by atoms with van der Waals surface area (Å²) in [7, 11) is 1.95. The maximum Gasteiger partial charge on any atom is 0.317 e. The van der Waals surface area contributed by atoms with Gasteiger partial charge in [-0.2, -0.15) is 5.26 Å². The van der Waals surface area contributed by atoms with Crippen LogP contribution in [0.4, 0.5) is 13.6 Å². The van der Waals surface area contributed by atoms with Crippen molar-refractivity contribution < 1.29 is 18.4 Å². The van der Waals surface area contributed by atoms with Gasteiger partial charge in [-0.1, -0.05) is 0 Å². The van der Waals surface area contributed by atoms with E-state index < -0.39 is 35.6 Å². The molecule has 0 radical (unpaired) electrons. The lowest BCUT2D eigenvalue weighted by Crippen LogP contribution is -2.52. The van der Waals surface area contributed by atoms with Gasteiger partial charge in [-0.15, -0.1) is 0 Å². The normalized spacial score (nSPS) is 24.6. The second-order valence-corrected chi connectivity index (χ2v) is 9.60. The summed E-state index contributed by atoms with van der Waals surface area (Å²) >= 11 is 0. The summed E-state index contributed by atoms with van der Waals surface area (Å²) in [5.41, 5.74) is -0.436. The van der Waals surface area contributed by atoms with Crippen LogP contribution in [0.25, 0.3) is 0 Å². The van der Waals surface area contributed by atoms with E-state index in [1.165, 1.54) is 12.8 Å². The second-order valence-electron chi connectivity index (χ2n) is 9.60. The van der Waals surface area contributed by atoms with Crippen LogP contribution in [-0.2, 0) is 4.79 Å². The van der Waals surface area contributed by atoms with E-state index in [2.05, 4.69) is 16.3 Å². The largest absolute Gasteiger partial charge is 0.328 e. The minimum Gasteiger partial charge on any atom is -0.328 e. The minimum atomic E-state index is -3.08. The Bertz CT molecular complexity index is 663. The van der Waals surface area contributed by atoms with Crippen molar-refractivity contribution in [1.29, 1.82) is 5.26 Å². The number of likely N-dealkylation sites (tertiary alicyclic amines) is 2. The Hall–Kier alpha value is -1.75. The molecule has 2 amide bonds. The molecule has 3 fully saturated rings. The Morgan fingerprint density at radius 2 is 1.69 bits per heavy atom. The minimum absolute atomic E-state index is 0.0958. The zero-order valence-electron chi connectivity index (χ0n) is 17.5. The van der Waals surface area contributed by atoms with Gasteiger partial charge in [-0.25, -0.2) is 13.6 Å². The smallest absolute Gasteiger partial charge is 0.317 e. The maximum atomic E-state index is 13.8. The Kier molecular flexibility index (Phi) is 6.19. The van der Waals surface area contributed by atoms with Gasteiger partial charge in [0.15, 0.2) is 5.78 Å². The number of halogens is 2.